The lowest BCUT2D eigenvalue weighted by atomic mass is 9.95. The highest BCUT2D eigenvalue weighted by Crippen LogP contribution is 2.31. The molecule has 1 fully saturated rings. The van der Waals surface area contributed by atoms with E-state index in [0.29, 0.717) is 42.9 Å². The van der Waals surface area contributed by atoms with Crippen LogP contribution in [-0.2, 0) is 4.79 Å². The average Bonchev–Trinajstić information content (AvgIpc) is 3.08. The third kappa shape index (κ3) is 4.37. The molecule has 6 nitrogen and oxygen atoms in total. The van der Waals surface area contributed by atoms with Crippen molar-refractivity contribution in [3.05, 3.63) is 82.8 Å². The summed E-state index contributed by atoms with van der Waals surface area (Å²) in [7, 11) is 0. The maximum Gasteiger partial charge on any atom is 0.253 e. The van der Waals surface area contributed by atoms with Crippen LogP contribution in [0.3, 0.4) is 0 Å². The van der Waals surface area contributed by atoms with E-state index in [9.17, 15) is 19.2 Å². The molecule has 7 heteroatoms. The Balaban J connectivity index is 1.49. The predicted molar refractivity (Wildman–Crippen MR) is 124 cm³/mol. The number of rotatable bonds is 4. The van der Waals surface area contributed by atoms with E-state index in [1.807, 2.05) is 48.7 Å². The zero-order valence-electron chi connectivity index (χ0n) is 18.6. The Hall–Kier alpha value is -3.92. The summed E-state index contributed by atoms with van der Waals surface area (Å²) < 4.78 is 15.0. The number of carbonyl (C=O) groups excluding carboxylic acids is 2. The molecule has 1 aromatic heterocycles. The SMILES string of the molecule is Cc1c(C#N)c(NC(=O)C2CCN(C(=O)c3ccc(F)cc3)CC2)n(-c2ccccc2)c1C. The summed E-state index contributed by atoms with van der Waals surface area (Å²) in [4.78, 5) is 27.5. The van der Waals surface area contributed by atoms with Gasteiger partial charge in [-0.05, 0) is 68.7 Å². The number of nitrogens with zero attached hydrogens (tertiary/aromatic N) is 3. The number of amides is 2. The molecule has 0 atom stereocenters. The molecule has 0 unspecified atom stereocenters. The molecule has 4 rings (SSSR count). The van der Waals surface area contributed by atoms with Crippen LogP contribution in [-0.4, -0.2) is 34.4 Å². The monoisotopic (exact) mass is 444 g/mol. The maximum atomic E-state index is 13.1. The van der Waals surface area contributed by atoms with Gasteiger partial charge in [0.05, 0.1) is 5.56 Å². The van der Waals surface area contributed by atoms with Gasteiger partial charge in [0.25, 0.3) is 5.91 Å². The van der Waals surface area contributed by atoms with Gasteiger partial charge in [0.2, 0.25) is 5.91 Å². The van der Waals surface area contributed by atoms with Crippen LogP contribution in [0.5, 0.6) is 0 Å². The second-order valence-electron chi connectivity index (χ2n) is 8.28. The van der Waals surface area contributed by atoms with Crippen molar-refractivity contribution >= 4 is 17.6 Å². The zero-order chi connectivity index (χ0) is 23.5. The number of hydrogen-bond donors (Lipinski definition) is 1. The van der Waals surface area contributed by atoms with Gasteiger partial charge in [-0.25, -0.2) is 4.39 Å². The largest absolute Gasteiger partial charge is 0.339 e. The number of carbonyl (C=O) groups is 2. The molecule has 0 saturated carbocycles. The molecule has 33 heavy (non-hydrogen) atoms. The van der Waals surface area contributed by atoms with E-state index >= 15 is 0 Å². The lowest BCUT2D eigenvalue weighted by Crippen LogP contribution is -2.41. The van der Waals surface area contributed by atoms with Crippen molar-refractivity contribution in [3.8, 4) is 11.8 Å². The number of aromatic nitrogens is 1. The molecule has 0 radical (unpaired) electrons. The number of benzene rings is 2. The van der Waals surface area contributed by atoms with Crippen molar-refractivity contribution in [1.29, 1.82) is 5.26 Å². The Bertz CT molecular complexity index is 1220. The minimum Gasteiger partial charge on any atom is -0.339 e. The van der Waals surface area contributed by atoms with Gasteiger partial charge in [-0.15, -0.1) is 0 Å². The van der Waals surface area contributed by atoms with Crippen molar-refractivity contribution in [2.45, 2.75) is 26.7 Å². The Morgan fingerprint density at radius 2 is 1.67 bits per heavy atom. The van der Waals surface area contributed by atoms with Crippen molar-refractivity contribution in [1.82, 2.24) is 9.47 Å². The van der Waals surface area contributed by atoms with E-state index < -0.39 is 0 Å². The number of likely N-dealkylation sites (tertiary alicyclic amines) is 1. The normalized spacial score (nSPS) is 14.1. The van der Waals surface area contributed by atoms with E-state index in [1.54, 1.807) is 4.90 Å². The minimum absolute atomic E-state index is 0.157. The zero-order valence-corrected chi connectivity index (χ0v) is 18.6. The fourth-order valence-electron chi connectivity index (χ4n) is 4.30. The summed E-state index contributed by atoms with van der Waals surface area (Å²) in [5.41, 5.74) is 3.48. The number of para-hydroxylation sites is 1. The number of hydrogen-bond acceptors (Lipinski definition) is 3. The highest BCUT2D eigenvalue weighted by molar-refractivity contribution is 5.96. The van der Waals surface area contributed by atoms with Gasteiger partial charge < -0.3 is 10.2 Å². The Morgan fingerprint density at radius 3 is 2.27 bits per heavy atom. The summed E-state index contributed by atoms with van der Waals surface area (Å²) >= 11 is 0. The van der Waals surface area contributed by atoms with Gasteiger partial charge >= 0.3 is 0 Å². The van der Waals surface area contributed by atoms with Gasteiger partial charge in [0.1, 0.15) is 17.7 Å². The minimum atomic E-state index is -0.385. The fraction of sp³-hybridized carbons (Fsp3) is 0.269. The van der Waals surface area contributed by atoms with Gasteiger partial charge in [-0.2, -0.15) is 5.26 Å². The van der Waals surface area contributed by atoms with Crippen molar-refractivity contribution in [3.63, 3.8) is 0 Å². The van der Waals surface area contributed by atoms with Crippen molar-refractivity contribution in [2.75, 3.05) is 18.4 Å². The average molecular weight is 445 g/mol. The third-order valence-corrected chi connectivity index (χ3v) is 6.33. The summed E-state index contributed by atoms with van der Waals surface area (Å²) in [6.07, 6.45) is 1.04. The number of anilines is 1. The van der Waals surface area contributed by atoms with Crippen LogP contribution in [0, 0.1) is 36.9 Å². The van der Waals surface area contributed by atoms with Crippen LogP contribution < -0.4 is 5.32 Å². The van der Waals surface area contributed by atoms with E-state index in [0.717, 1.165) is 16.9 Å². The molecule has 1 N–H and O–H groups in total. The molecule has 1 aliphatic heterocycles. The molecule has 168 valence electrons. The fourth-order valence-corrected chi connectivity index (χ4v) is 4.30. The predicted octanol–water partition coefficient (Wildman–Crippen LogP) is 4.60. The second kappa shape index (κ2) is 9.29. The lowest BCUT2D eigenvalue weighted by Gasteiger charge is -2.31. The molecule has 0 bridgehead atoms. The Morgan fingerprint density at radius 1 is 1.03 bits per heavy atom. The molecular formula is C26H25FN4O2. The molecule has 3 aromatic rings. The van der Waals surface area contributed by atoms with Crippen LogP contribution in [0.25, 0.3) is 5.69 Å². The summed E-state index contributed by atoms with van der Waals surface area (Å²) in [5.74, 6) is -0.494. The first kappa shape index (κ1) is 22.3. The van der Waals surface area contributed by atoms with Crippen LogP contribution in [0.1, 0.15) is 40.0 Å². The molecule has 2 amide bonds. The first-order valence-electron chi connectivity index (χ1n) is 10.9. The van der Waals surface area contributed by atoms with Gasteiger partial charge in [-0.3, -0.25) is 14.2 Å². The topological polar surface area (TPSA) is 78.1 Å². The number of piperidine rings is 1. The van der Waals surface area contributed by atoms with Crippen molar-refractivity contribution < 1.29 is 14.0 Å². The van der Waals surface area contributed by atoms with E-state index in [1.165, 1.54) is 24.3 Å². The molecule has 2 aromatic carbocycles. The first-order valence-corrected chi connectivity index (χ1v) is 10.9. The van der Waals surface area contributed by atoms with E-state index in [4.69, 9.17) is 0 Å². The molecule has 1 aliphatic rings. The lowest BCUT2D eigenvalue weighted by molar-refractivity contribution is -0.121. The summed E-state index contributed by atoms with van der Waals surface area (Å²) in [6, 6.07) is 17.3. The van der Waals surface area contributed by atoms with Crippen molar-refractivity contribution in [2.24, 2.45) is 5.92 Å². The Kier molecular flexibility index (Phi) is 6.27. The smallest absolute Gasteiger partial charge is 0.253 e. The number of halogens is 1. The highest BCUT2D eigenvalue weighted by atomic mass is 19.1. The van der Waals surface area contributed by atoms with Gasteiger partial charge in [0, 0.05) is 36.0 Å². The van der Waals surface area contributed by atoms with Crippen LogP contribution in [0.4, 0.5) is 10.2 Å². The Labute approximate surface area is 192 Å². The van der Waals surface area contributed by atoms with Crippen LogP contribution in [0.2, 0.25) is 0 Å². The third-order valence-electron chi connectivity index (χ3n) is 6.33. The van der Waals surface area contributed by atoms with Gasteiger partial charge in [0.15, 0.2) is 0 Å². The quantitative estimate of drug-likeness (QED) is 0.639. The number of nitrogens with one attached hydrogen (secondary N) is 1. The summed E-state index contributed by atoms with van der Waals surface area (Å²) in [5, 5.41) is 12.7. The standard InChI is InChI=1S/C26H25FN4O2/c1-17-18(2)31(22-6-4-3-5-7-22)24(23(17)16-28)29-25(32)19-12-14-30(15-13-19)26(33)20-8-10-21(27)11-9-20/h3-11,19H,12-15H2,1-2H3,(H,29,32). The second-order valence-corrected chi connectivity index (χ2v) is 8.28. The van der Waals surface area contributed by atoms with E-state index in [-0.39, 0.29) is 23.5 Å². The molecular weight excluding hydrogens is 419 g/mol. The molecule has 2 heterocycles. The summed E-state index contributed by atoms with van der Waals surface area (Å²) in [6.45, 7) is 4.69. The van der Waals surface area contributed by atoms with Crippen LogP contribution in [0.15, 0.2) is 54.6 Å². The van der Waals surface area contributed by atoms with Crippen LogP contribution >= 0.6 is 0 Å². The number of nitriles is 1. The molecule has 1 saturated heterocycles. The molecule has 0 aliphatic carbocycles. The highest BCUT2D eigenvalue weighted by Gasteiger charge is 2.30. The molecule has 0 spiro atoms. The first-order chi connectivity index (χ1) is 15.9. The van der Waals surface area contributed by atoms with Gasteiger partial charge in [-0.1, -0.05) is 18.2 Å². The van der Waals surface area contributed by atoms with E-state index in [2.05, 4.69) is 11.4 Å². The maximum absolute atomic E-state index is 13.1.